The summed E-state index contributed by atoms with van der Waals surface area (Å²) in [6.45, 7) is 7.49. The van der Waals surface area contributed by atoms with Gasteiger partial charge >= 0.3 is 0 Å². The van der Waals surface area contributed by atoms with Gasteiger partial charge in [-0.15, -0.1) is 0 Å². The Labute approximate surface area is 124 Å². The maximum atomic E-state index is 2.62. The average molecular weight is 283 g/mol. The van der Waals surface area contributed by atoms with Gasteiger partial charge in [-0.2, -0.15) is 0 Å². The molecule has 1 fully saturated rings. The second-order valence-electron chi connectivity index (χ2n) is 6.88. The highest BCUT2D eigenvalue weighted by Gasteiger charge is 2.48. The van der Waals surface area contributed by atoms with Crippen LogP contribution in [-0.2, 0) is 0 Å². The Balaban J connectivity index is 1.98. The molecule has 2 aliphatic rings. The number of benzene rings is 1. The second-order valence-corrected chi connectivity index (χ2v) is 11.7. The summed E-state index contributed by atoms with van der Waals surface area (Å²) >= 11 is 0. The van der Waals surface area contributed by atoms with Gasteiger partial charge in [0.2, 0.25) is 0 Å². The van der Waals surface area contributed by atoms with Crippen LogP contribution in [0.25, 0.3) is 0 Å². The van der Waals surface area contributed by atoms with Crippen molar-refractivity contribution in [2.24, 2.45) is 17.8 Å². The van der Waals surface area contributed by atoms with Crippen LogP contribution >= 0.6 is 0 Å². The van der Waals surface area contributed by atoms with Gasteiger partial charge in [0, 0.05) is 0 Å². The molecule has 1 aromatic rings. The van der Waals surface area contributed by atoms with E-state index in [2.05, 4.69) is 75.0 Å². The molecule has 1 aromatic carbocycles. The van der Waals surface area contributed by atoms with E-state index in [0.29, 0.717) is 0 Å². The molecule has 1 heteroatoms. The van der Waals surface area contributed by atoms with Gasteiger partial charge in [-0.1, -0.05) is 86.3 Å². The van der Waals surface area contributed by atoms with Crippen molar-refractivity contribution in [1.29, 1.82) is 0 Å². The van der Waals surface area contributed by atoms with E-state index in [1.54, 1.807) is 5.19 Å². The van der Waals surface area contributed by atoms with E-state index in [1.165, 1.54) is 12.5 Å². The summed E-state index contributed by atoms with van der Waals surface area (Å²) in [7, 11) is -1.40. The average Bonchev–Trinajstić information content (AvgIpc) is 2.85. The molecule has 0 spiro atoms. The first-order valence-electron chi connectivity index (χ1n) is 8.07. The van der Waals surface area contributed by atoms with E-state index in [9.17, 15) is 0 Å². The highest BCUT2D eigenvalue weighted by Crippen LogP contribution is 2.52. The molecule has 0 N–H and O–H groups in total. The maximum Gasteiger partial charge on any atom is 0.0870 e. The number of rotatable bonds is 3. The summed E-state index contributed by atoms with van der Waals surface area (Å²) in [6.07, 6.45) is 10.9. The first kappa shape index (κ1) is 13.9. The fourth-order valence-electron chi connectivity index (χ4n) is 4.51. The highest BCUT2D eigenvalue weighted by atomic mass is 28.3. The van der Waals surface area contributed by atoms with Gasteiger partial charge in [0.05, 0.1) is 8.07 Å². The first-order chi connectivity index (χ1) is 9.66. The third kappa shape index (κ3) is 2.12. The third-order valence-corrected chi connectivity index (χ3v) is 11.3. The Hall–Kier alpha value is -1.08. The Morgan fingerprint density at radius 3 is 2.35 bits per heavy atom. The fraction of sp³-hybridized carbons (Fsp3) is 0.474. The van der Waals surface area contributed by atoms with Gasteiger partial charge in [0.15, 0.2) is 0 Å². The predicted molar refractivity (Wildman–Crippen MR) is 91.0 cm³/mol. The zero-order valence-electron chi connectivity index (χ0n) is 12.9. The molecule has 106 valence electrons. The second kappa shape index (κ2) is 5.36. The minimum atomic E-state index is -1.40. The van der Waals surface area contributed by atoms with Crippen molar-refractivity contribution in [2.75, 3.05) is 0 Å². The number of allylic oxidation sites excluding steroid dienone is 4. The van der Waals surface area contributed by atoms with Crippen molar-refractivity contribution in [3.8, 4) is 0 Å². The Morgan fingerprint density at radius 2 is 1.70 bits per heavy atom. The van der Waals surface area contributed by atoms with Gasteiger partial charge in [0.1, 0.15) is 0 Å². The molecule has 1 saturated carbocycles. The molecule has 3 rings (SSSR count). The van der Waals surface area contributed by atoms with Crippen LogP contribution in [-0.4, -0.2) is 8.07 Å². The summed E-state index contributed by atoms with van der Waals surface area (Å²) < 4.78 is 0. The number of hydrogen-bond acceptors (Lipinski definition) is 0. The molecule has 0 saturated heterocycles. The van der Waals surface area contributed by atoms with Crippen molar-refractivity contribution in [2.45, 2.75) is 38.4 Å². The van der Waals surface area contributed by atoms with Gasteiger partial charge in [0.25, 0.3) is 0 Å². The van der Waals surface area contributed by atoms with E-state index in [1.807, 2.05) is 0 Å². The molecule has 0 nitrogen and oxygen atoms in total. The highest BCUT2D eigenvalue weighted by molar-refractivity contribution is 6.92. The van der Waals surface area contributed by atoms with Crippen molar-refractivity contribution >= 4 is 13.3 Å². The quantitative estimate of drug-likeness (QED) is 0.701. The zero-order chi connectivity index (χ0) is 14.2. The molecule has 0 heterocycles. The Morgan fingerprint density at radius 1 is 1.05 bits per heavy atom. The SMILES string of the molecule is CC[Si](C)(c1ccccc1)C1CC(C)C2C=CC=CC21. The predicted octanol–water partition coefficient (Wildman–Crippen LogP) is 4.76. The first-order valence-corrected chi connectivity index (χ1v) is 10.9. The molecular formula is C19H26Si. The summed E-state index contributed by atoms with van der Waals surface area (Å²) in [4.78, 5) is 0. The lowest BCUT2D eigenvalue weighted by Gasteiger charge is -2.37. The Bertz CT molecular complexity index is 516. The van der Waals surface area contributed by atoms with Crippen LogP contribution in [0.15, 0.2) is 54.6 Å². The van der Waals surface area contributed by atoms with E-state index in [0.717, 1.165) is 23.3 Å². The van der Waals surface area contributed by atoms with Crippen LogP contribution in [0.2, 0.25) is 18.1 Å². The monoisotopic (exact) mass is 282 g/mol. The van der Waals surface area contributed by atoms with E-state index in [4.69, 9.17) is 0 Å². The fourth-order valence-corrected chi connectivity index (χ4v) is 8.90. The molecule has 5 atom stereocenters. The van der Waals surface area contributed by atoms with Gasteiger partial charge in [-0.25, -0.2) is 0 Å². The minimum Gasteiger partial charge on any atom is -0.0808 e. The van der Waals surface area contributed by atoms with Gasteiger partial charge in [-0.3, -0.25) is 0 Å². The number of hydrogen-bond donors (Lipinski definition) is 0. The van der Waals surface area contributed by atoms with Crippen LogP contribution in [0.1, 0.15) is 20.3 Å². The van der Waals surface area contributed by atoms with E-state index < -0.39 is 8.07 Å². The summed E-state index contributed by atoms with van der Waals surface area (Å²) in [5, 5.41) is 1.66. The Kier molecular flexibility index (Phi) is 3.72. The van der Waals surface area contributed by atoms with Crippen molar-refractivity contribution in [3.63, 3.8) is 0 Å². The van der Waals surface area contributed by atoms with Crippen molar-refractivity contribution in [1.82, 2.24) is 0 Å². The smallest absolute Gasteiger partial charge is 0.0808 e. The normalized spacial score (nSPS) is 34.8. The molecule has 5 unspecified atom stereocenters. The minimum absolute atomic E-state index is 0.784. The molecule has 20 heavy (non-hydrogen) atoms. The molecule has 0 bridgehead atoms. The van der Waals surface area contributed by atoms with Crippen LogP contribution < -0.4 is 5.19 Å². The van der Waals surface area contributed by atoms with Gasteiger partial charge < -0.3 is 0 Å². The van der Waals surface area contributed by atoms with Crippen molar-refractivity contribution < 1.29 is 0 Å². The summed E-state index contributed by atoms with van der Waals surface area (Å²) in [5.41, 5.74) is 0.899. The molecule has 0 radical (unpaired) electrons. The lowest BCUT2D eigenvalue weighted by molar-refractivity contribution is 0.450. The molecule has 0 aromatic heterocycles. The van der Waals surface area contributed by atoms with Crippen molar-refractivity contribution in [3.05, 3.63) is 54.6 Å². The summed E-state index contributed by atoms with van der Waals surface area (Å²) in [5.74, 6) is 2.41. The van der Waals surface area contributed by atoms with Crippen LogP contribution in [0, 0.1) is 17.8 Å². The van der Waals surface area contributed by atoms with Crippen LogP contribution in [0.5, 0.6) is 0 Å². The van der Waals surface area contributed by atoms with Crippen LogP contribution in [0.3, 0.4) is 0 Å². The molecule has 0 aliphatic heterocycles. The lowest BCUT2D eigenvalue weighted by Crippen LogP contribution is -2.49. The van der Waals surface area contributed by atoms with Crippen LogP contribution in [0.4, 0.5) is 0 Å². The molecule has 0 amide bonds. The maximum absolute atomic E-state index is 2.62. The lowest BCUT2D eigenvalue weighted by atomic mass is 9.87. The zero-order valence-corrected chi connectivity index (χ0v) is 13.9. The summed E-state index contributed by atoms with van der Waals surface area (Å²) in [6, 6.07) is 12.7. The number of fused-ring (bicyclic) bond motifs is 1. The standard InChI is InChI=1S/C19H26Si/c1-4-20(3,16-10-6-5-7-11-16)19-14-15(2)17-12-8-9-13-18(17)19/h5-13,15,17-19H,4,14H2,1-3H3. The van der Waals surface area contributed by atoms with E-state index in [-0.39, 0.29) is 0 Å². The van der Waals surface area contributed by atoms with E-state index >= 15 is 0 Å². The largest absolute Gasteiger partial charge is 0.0870 e. The molecular weight excluding hydrogens is 256 g/mol. The third-order valence-electron chi connectivity index (χ3n) is 5.96. The topological polar surface area (TPSA) is 0 Å². The molecule has 2 aliphatic carbocycles. The van der Waals surface area contributed by atoms with Gasteiger partial charge in [-0.05, 0) is 29.7 Å².